The number of carbonyl (C=O) groups is 1. The van der Waals surface area contributed by atoms with E-state index in [1.807, 2.05) is 0 Å². The summed E-state index contributed by atoms with van der Waals surface area (Å²) in [5.41, 5.74) is -2.82. The molecule has 1 spiro atoms. The Hall–Kier alpha value is -0.530. The van der Waals surface area contributed by atoms with Crippen molar-refractivity contribution in [2.45, 2.75) is 75.4 Å². The molecule has 1 unspecified atom stereocenters. The summed E-state index contributed by atoms with van der Waals surface area (Å²) in [5.74, 6) is -0.725. The van der Waals surface area contributed by atoms with Crippen LogP contribution in [0.1, 0.15) is 46.0 Å². The van der Waals surface area contributed by atoms with Gasteiger partial charge in [-0.1, -0.05) is 13.8 Å². The van der Waals surface area contributed by atoms with Gasteiger partial charge in [-0.15, -0.1) is 0 Å². The molecule has 7 bridgehead atoms. The molecule has 1 heterocycles. The lowest BCUT2D eigenvalue weighted by molar-refractivity contribution is -0.310. The van der Waals surface area contributed by atoms with Crippen LogP contribution in [0.15, 0.2) is 0 Å². The van der Waals surface area contributed by atoms with E-state index in [1.165, 1.54) is 0 Å². The maximum Gasteiger partial charge on any atom is 0.147 e. The molecule has 1 saturated heterocycles. The minimum atomic E-state index is -1.23. The van der Waals surface area contributed by atoms with E-state index in [0.29, 0.717) is 12.8 Å². The maximum atomic E-state index is 13.5. The van der Waals surface area contributed by atoms with E-state index >= 15 is 0 Å². The highest BCUT2D eigenvalue weighted by atomic mass is 16.5. The Bertz CT molecular complexity index is 774. The van der Waals surface area contributed by atoms with Crippen molar-refractivity contribution in [2.24, 2.45) is 34.5 Å². The Morgan fingerprint density at radius 1 is 1.21 bits per heavy atom. The maximum absolute atomic E-state index is 13.5. The monoisotopic (exact) mass is 405 g/mol. The number of ketones is 1. The van der Waals surface area contributed by atoms with Gasteiger partial charge in [0.15, 0.2) is 0 Å². The van der Waals surface area contributed by atoms with Gasteiger partial charge in [-0.25, -0.2) is 0 Å². The second-order valence-corrected chi connectivity index (χ2v) is 11.3. The second kappa shape index (κ2) is 5.44. The van der Waals surface area contributed by atoms with Crippen LogP contribution in [0.25, 0.3) is 0 Å². The molecule has 1 aliphatic heterocycles. The van der Waals surface area contributed by atoms with Crippen LogP contribution < -0.4 is 0 Å². The molecule has 6 aliphatic rings. The average Bonchev–Trinajstić information content (AvgIpc) is 3.09. The van der Waals surface area contributed by atoms with Crippen LogP contribution in [0.4, 0.5) is 0 Å². The summed E-state index contributed by atoms with van der Waals surface area (Å²) in [6.07, 6.45) is 3.36. The third-order valence-corrected chi connectivity index (χ3v) is 10.8. The number of ether oxygens (including phenoxy) is 2. The predicted octanol–water partition coefficient (Wildman–Crippen LogP) is 1.23. The molecule has 162 valence electrons. The van der Waals surface area contributed by atoms with Gasteiger partial charge in [-0.2, -0.15) is 0 Å². The Morgan fingerprint density at radius 2 is 1.97 bits per heavy atom. The van der Waals surface area contributed by atoms with Crippen molar-refractivity contribution in [3.8, 4) is 0 Å². The van der Waals surface area contributed by atoms with Crippen LogP contribution in [0.2, 0.25) is 0 Å². The highest BCUT2D eigenvalue weighted by Gasteiger charge is 2.88. The Kier molecular flexibility index (Phi) is 3.60. The SMILES string of the molecule is CCN1C[C@]2(C)CC[C@H](OC)[C@]34C1[C@H](C[C@H]23)[C@@]1(O)C[C@H](OC)[C@H]2C[C@]4(O)[C@@H]1C2=O. The molecule has 6 rings (SSSR count). The van der Waals surface area contributed by atoms with E-state index in [9.17, 15) is 15.0 Å². The van der Waals surface area contributed by atoms with Gasteiger partial charge in [0.1, 0.15) is 5.78 Å². The summed E-state index contributed by atoms with van der Waals surface area (Å²) in [6.45, 7) is 6.46. The fraction of sp³-hybridized carbons (Fsp3) is 0.957. The van der Waals surface area contributed by atoms with Crippen molar-refractivity contribution in [2.75, 3.05) is 27.3 Å². The molecule has 6 fully saturated rings. The third-order valence-electron chi connectivity index (χ3n) is 10.8. The molecule has 2 N–H and O–H groups in total. The first kappa shape index (κ1) is 19.2. The van der Waals surface area contributed by atoms with Crippen molar-refractivity contribution >= 4 is 5.78 Å². The Morgan fingerprint density at radius 3 is 2.62 bits per heavy atom. The first-order valence-corrected chi connectivity index (χ1v) is 11.5. The summed E-state index contributed by atoms with van der Waals surface area (Å²) >= 11 is 0. The minimum absolute atomic E-state index is 0.0176. The summed E-state index contributed by atoms with van der Waals surface area (Å²) in [7, 11) is 3.41. The largest absolute Gasteiger partial charge is 0.389 e. The van der Waals surface area contributed by atoms with Crippen molar-refractivity contribution in [1.29, 1.82) is 0 Å². The van der Waals surface area contributed by atoms with Crippen LogP contribution >= 0.6 is 0 Å². The standard InChI is InChI=1S/C23H35NO5/c1-5-24-11-20(2)7-6-16(29-4)23-15(20)8-13(19(23)24)21(26)10-14(28-3)12-9-22(23,27)18(21)17(12)25/h12-16,18-19,26-27H,5-11H2,1-4H3/t12-,13+,14+,15-,16+,18-,19?,20+,21+,22+,23+/m1/s1. The van der Waals surface area contributed by atoms with Crippen LogP contribution in [0, 0.1) is 34.5 Å². The van der Waals surface area contributed by atoms with Crippen LogP contribution in [-0.2, 0) is 14.3 Å². The number of fused-ring (bicyclic) bond motifs is 2. The van der Waals surface area contributed by atoms with Crippen molar-refractivity contribution in [1.82, 2.24) is 4.90 Å². The lowest BCUT2D eigenvalue weighted by atomic mass is 9.42. The van der Waals surface area contributed by atoms with Gasteiger partial charge < -0.3 is 19.7 Å². The number of likely N-dealkylation sites (tertiary alicyclic amines) is 1. The molecule has 0 aromatic carbocycles. The van der Waals surface area contributed by atoms with E-state index in [4.69, 9.17) is 9.47 Å². The zero-order valence-corrected chi connectivity index (χ0v) is 18.1. The van der Waals surface area contributed by atoms with Crippen LogP contribution in [-0.4, -0.2) is 77.7 Å². The fourth-order valence-corrected chi connectivity index (χ4v) is 10.1. The first-order valence-electron chi connectivity index (χ1n) is 11.5. The molecule has 0 amide bonds. The highest BCUT2D eigenvalue weighted by molar-refractivity contribution is 5.91. The molecule has 6 nitrogen and oxygen atoms in total. The van der Waals surface area contributed by atoms with Gasteiger partial charge in [-0.3, -0.25) is 9.69 Å². The van der Waals surface area contributed by atoms with Crippen molar-refractivity contribution in [3.05, 3.63) is 0 Å². The average molecular weight is 406 g/mol. The number of hydrogen-bond acceptors (Lipinski definition) is 6. The lowest BCUT2D eigenvalue weighted by Gasteiger charge is -2.71. The summed E-state index contributed by atoms with van der Waals surface area (Å²) in [4.78, 5) is 16.1. The Labute approximate surface area is 172 Å². The molecule has 0 radical (unpaired) electrons. The third kappa shape index (κ3) is 1.73. The van der Waals surface area contributed by atoms with E-state index in [2.05, 4.69) is 18.7 Å². The molecular formula is C23H35NO5. The van der Waals surface area contributed by atoms with Crippen LogP contribution in [0.3, 0.4) is 0 Å². The van der Waals surface area contributed by atoms with Gasteiger partial charge in [0.25, 0.3) is 0 Å². The molecule has 5 saturated carbocycles. The summed E-state index contributed by atoms with van der Waals surface area (Å²) < 4.78 is 11.9. The van der Waals surface area contributed by atoms with Crippen molar-refractivity contribution < 1.29 is 24.5 Å². The second-order valence-electron chi connectivity index (χ2n) is 11.3. The number of aliphatic hydroxyl groups is 2. The molecule has 29 heavy (non-hydrogen) atoms. The molecule has 11 atom stereocenters. The number of methoxy groups -OCH3 is 2. The lowest BCUT2D eigenvalue weighted by Crippen LogP contribution is -2.81. The summed E-state index contributed by atoms with van der Waals surface area (Å²) in [6, 6.07) is 0.0595. The Balaban J connectivity index is 1.65. The van der Waals surface area contributed by atoms with E-state index < -0.39 is 22.5 Å². The zero-order valence-electron chi connectivity index (χ0n) is 18.1. The highest BCUT2D eigenvalue weighted by Crippen LogP contribution is 2.79. The summed E-state index contributed by atoms with van der Waals surface area (Å²) in [5, 5.41) is 24.8. The van der Waals surface area contributed by atoms with Gasteiger partial charge in [0, 0.05) is 50.5 Å². The van der Waals surface area contributed by atoms with Gasteiger partial charge in [0.05, 0.1) is 29.3 Å². The number of carbonyl (C=O) groups excluding carboxylic acids is 1. The van der Waals surface area contributed by atoms with E-state index in [1.54, 1.807) is 14.2 Å². The fourth-order valence-electron chi connectivity index (χ4n) is 10.1. The van der Waals surface area contributed by atoms with Crippen molar-refractivity contribution in [3.63, 3.8) is 0 Å². The number of Topliss-reactive ketones (excluding diaryl/α,β-unsaturated/α-hetero) is 1. The first-order chi connectivity index (χ1) is 13.7. The number of piperidine rings is 1. The minimum Gasteiger partial charge on any atom is -0.389 e. The molecule has 5 aliphatic carbocycles. The smallest absolute Gasteiger partial charge is 0.147 e. The molecule has 0 aromatic rings. The number of hydrogen-bond donors (Lipinski definition) is 2. The quantitative estimate of drug-likeness (QED) is 0.735. The van der Waals surface area contributed by atoms with Gasteiger partial charge in [0.2, 0.25) is 0 Å². The zero-order chi connectivity index (χ0) is 20.6. The van der Waals surface area contributed by atoms with Gasteiger partial charge in [-0.05, 0) is 43.6 Å². The normalized spacial score (nSPS) is 62.6. The molecule has 6 heteroatoms. The molecular weight excluding hydrogens is 370 g/mol. The van der Waals surface area contributed by atoms with Gasteiger partial charge >= 0.3 is 0 Å². The predicted molar refractivity (Wildman–Crippen MR) is 105 cm³/mol. The topological polar surface area (TPSA) is 79.2 Å². The van der Waals surface area contributed by atoms with Crippen LogP contribution in [0.5, 0.6) is 0 Å². The van der Waals surface area contributed by atoms with E-state index in [0.717, 1.165) is 32.4 Å². The number of rotatable bonds is 3. The molecule has 0 aromatic heterocycles. The number of nitrogens with zero attached hydrogens (tertiary/aromatic N) is 1. The van der Waals surface area contributed by atoms with E-state index in [-0.39, 0.29) is 47.2 Å².